The molecule has 0 atom stereocenters. The third-order valence-corrected chi connectivity index (χ3v) is 4.06. The second-order valence-corrected chi connectivity index (χ2v) is 6.16. The molecule has 0 aliphatic rings. The SMILES string of the molecule is COc1ccc(CNC(=O)CC(C)=NNC(=O)c2ccc(OC)c(OC)c2)cc1. The number of hydrazone groups is 1. The summed E-state index contributed by atoms with van der Waals surface area (Å²) in [5.74, 6) is 1.12. The molecule has 8 nitrogen and oxygen atoms in total. The highest BCUT2D eigenvalue weighted by molar-refractivity contribution is 6.01. The molecule has 0 bridgehead atoms. The maximum Gasteiger partial charge on any atom is 0.271 e. The molecule has 29 heavy (non-hydrogen) atoms. The fourth-order valence-electron chi connectivity index (χ4n) is 2.47. The predicted octanol–water partition coefficient (Wildman–Crippen LogP) is 2.52. The fraction of sp³-hybridized carbons (Fsp3) is 0.286. The molecule has 0 unspecified atom stereocenters. The lowest BCUT2D eigenvalue weighted by Gasteiger charge is -2.09. The third kappa shape index (κ3) is 6.53. The molecule has 2 amide bonds. The molecule has 8 heteroatoms. The molecule has 2 rings (SSSR count). The zero-order valence-corrected chi connectivity index (χ0v) is 16.9. The van der Waals surface area contributed by atoms with Crippen LogP contribution in [0.15, 0.2) is 47.6 Å². The van der Waals surface area contributed by atoms with E-state index in [-0.39, 0.29) is 12.3 Å². The molecular formula is C21H25N3O5. The summed E-state index contributed by atoms with van der Waals surface area (Å²) in [5, 5.41) is 6.79. The lowest BCUT2D eigenvalue weighted by molar-refractivity contribution is -0.120. The van der Waals surface area contributed by atoms with Gasteiger partial charge in [0.1, 0.15) is 5.75 Å². The highest BCUT2D eigenvalue weighted by Gasteiger charge is 2.11. The molecule has 0 fully saturated rings. The van der Waals surface area contributed by atoms with Gasteiger partial charge in [-0.3, -0.25) is 9.59 Å². The van der Waals surface area contributed by atoms with Gasteiger partial charge < -0.3 is 19.5 Å². The average molecular weight is 399 g/mol. The maximum absolute atomic E-state index is 12.2. The summed E-state index contributed by atoms with van der Waals surface area (Å²) in [4.78, 5) is 24.3. The van der Waals surface area contributed by atoms with E-state index in [2.05, 4.69) is 15.8 Å². The minimum atomic E-state index is -0.413. The van der Waals surface area contributed by atoms with Crippen LogP contribution in [0.1, 0.15) is 29.3 Å². The van der Waals surface area contributed by atoms with Crippen LogP contribution in [-0.2, 0) is 11.3 Å². The molecular weight excluding hydrogens is 374 g/mol. The Morgan fingerprint density at radius 1 is 0.931 bits per heavy atom. The van der Waals surface area contributed by atoms with Crippen LogP contribution < -0.4 is 25.0 Å². The average Bonchev–Trinajstić information content (AvgIpc) is 2.75. The zero-order valence-electron chi connectivity index (χ0n) is 16.9. The van der Waals surface area contributed by atoms with Gasteiger partial charge in [0.15, 0.2) is 11.5 Å². The molecule has 0 spiro atoms. The van der Waals surface area contributed by atoms with Crippen LogP contribution in [0.2, 0.25) is 0 Å². The summed E-state index contributed by atoms with van der Waals surface area (Å²) in [6, 6.07) is 12.2. The van der Waals surface area contributed by atoms with Crippen molar-refractivity contribution in [3.8, 4) is 17.2 Å². The summed E-state index contributed by atoms with van der Waals surface area (Å²) in [7, 11) is 4.61. The number of hydrogen-bond donors (Lipinski definition) is 2. The molecule has 0 aromatic heterocycles. The maximum atomic E-state index is 12.2. The van der Waals surface area contributed by atoms with E-state index in [9.17, 15) is 9.59 Å². The monoisotopic (exact) mass is 399 g/mol. The van der Waals surface area contributed by atoms with Gasteiger partial charge in [0, 0.05) is 17.8 Å². The van der Waals surface area contributed by atoms with Gasteiger partial charge in [0.2, 0.25) is 5.91 Å². The number of benzene rings is 2. The topological polar surface area (TPSA) is 98.2 Å². The third-order valence-electron chi connectivity index (χ3n) is 4.06. The Hall–Kier alpha value is -3.55. The first kappa shape index (κ1) is 21.7. The lowest BCUT2D eigenvalue weighted by atomic mass is 10.2. The Labute approximate surface area is 169 Å². The van der Waals surface area contributed by atoms with Gasteiger partial charge in [0.25, 0.3) is 5.91 Å². The Morgan fingerprint density at radius 2 is 1.62 bits per heavy atom. The number of rotatable bonds is 9. The van der Waals surface area contributed by atoms with E-state index in [4.69, 9.17) is 14.2 Å². The molecule has 0 heterocycles. The van der Waals surface area contributed by atoms with E-state index in [0.29, 0.717) is 29.3 Å². The van der Waals surface area contributed by atoms with Crippen LogP contribution in [0.3, 0.4) is 0 Å². The first-order valence-corrected chi connectivity index (χ1v) is 8.92. The summed E-state index contributed by atoms with van der Waals surface area (Å²) in [6.45, 7) is 2.07. The molecule has 2 aromatic carbocycles. The molecule has 2 aromatic rings. The number of hydrogen-bond acceptors (Lipinski definition) is 6. The van der Waals surface area contributed by atoms with Crippen molar-refractivity contribution in [1.82, 2.24) is 10.7 Å². The van der Waals surface area contributed by atoms with Crippen molar-refractivity contribution in [3.63, 3.8) is 0 Å². The first-order valence-electron chi connectivity index (χ1n) is 8.92. The number of methoxy groups -OCH3 is 3. The number of amides is 2. The van der Waals surface area contributed by atoms with Crippen molar-refractivity contribution in [2.75, 3.05) is 21.3 Å². The van der Waals surface area contributed by atoms with E-state index in [1.54, 1.807) is 32.2 Å². The Bertz CT molecular complexity index is 878. The first-order chi connectivity index (χ1) is 14.0. The highest BCUT2D eigenvalue weighted by Crippen LogP contribution is 2.27. The van der Waals surface area contributed by atoms with E-state index in [0.717, 1.165) is 11.3 Å². The molecule has 0 aliphatic carbocycles. The lowest BCUT2D eigenvalue weighted by Crippen LogP contribution is -2.26. The van der Waals surface area contributed by atoms with Crippen LogP contribution >= 0.6 is 0 Å². The van der Waals surface area contributed by atoms with Crippen molar-refractivity contribution < 1.29 is 23.8 Å². The zero-order chi connectivity index (χ0) is 21.2. The highest BCUT2D eigenvalue weighted by atomic mass is 16.5. The van der Waals surface area contributed by atoms with Gasteiger partial charge in [-0.25, -0.2) is 5.43 Å². The van der Waals surface area contributed by atoms with Crippen LogP contribution in [0.4, 0.5) is 0 Å². The Kier molecular flexibility index (Phi) is 8.02. The summed E-state index contributed by atoms with van der Waals surface area (Å²) in [6.07, 6.45) is 0.0718. The minimum absolute atomic E-state index is 0.0718. The minimum Gasteiger partial charge on any atom is -0.497 e. The van der Waals surface area contributed by atoms with Crippen LogP contribution in [0.5, 0.6) is 17.2 Å². The van der Waals surface area contributed by atoms with Gasteiger partial charge in [-0.15, -0.1) is 0 Å². The Balaban J connectivity index is 1.85. The predicted molar refractivity (Wildman–Crippen MR) is 110 cm³/mol. The molecule has 0 saturated heterocycles. The van der Waals surface area contributed by atoms with Crippen LogP contribution in [0.25, 0.3) is 0 Å². The number of carbonyl (C=O) groups is 2. The summed E-state index contributed by atoms with van der Waals surface area (Å²) < 4.78 is 15.4. The molecule has 154 valence electrons. The van der Waals surface area contributed by atoms with E-state index >= 15 is 0 Å². The smallest absolute Gasteiger partial charge is 0.271 e. The second-order valence-electron chi connectivity index (χ2n) is 6.16. The van der Waals surface area contributed by atoms with Crippen molar-refractivity contribution in [2.24, 2.45) is 5.10 Å². The number of carbonyl (C=O) groups excluding carboxylic acids is 2. The van der Waals surface area contributed by atoms with E-state index in [1.165, 1.54) is 14.2 Å². The fourth-order valence-corrected chi connectivity index (χ4v) is 2.47. The normalized spacial score (nSPS) is 10.8. The Morgan fingerprint density at radius 3 is 2.24 bits per heavy atom. The van der Waals surface area contributed by atoms with Crippen molar-refractivity contribution in [3.05, 3.63) is 53.6 Å². The second kappa shape index (κ2) is 10.7. The molecule has 2 N–H and O–H groups in total. The molecule has 0 saturated carbocycles. The van der Waals surface area contributed by atoms with Crippen molar-refractivity contribution in [2.45, 2.75) is 19.9 Å². The van der Waals surface area contributed by atoms with Gasteiger partial charge in [-0.05, 0) is 42.8 Å². The van der Waals surface area contributed by atoms with E-state index in [1.807, 2.05) is 24.3 Å². The van der Waals surface area contributed by atoms with E-state index < -0.39 is 5.91 Å². The summed E-state index contributed by atoms with van der Waals surface area (Å²) >= 11 is 0. The number of nitrogens with one attached hydrogen (secondary N) is 2. The van der Waals surface area contributed by atoms with Gasteiger partial charge in [0.05, 0.1) is 27.8 Å². The van der Waals surface area contributed by atoms with Crippen LogP contribution in [0, 0.1) is 0 Å². The van der Waals surface area contributed by atoms with Crippen molar-refractivity contribution >= 4 is 17.5 Å². The standard InChI is InChI=1S/C21H25N3O5/c1-14(11-20(25)22-13-15-5-8-17(27-2)9-6-15)23-24-21(26)16-7-10-18(28-3)19(12-16)29-4/h5-10,12H,11,13H2,1-4H3,(H,22,25)(H,24,26). The largest absolute Gasteiger partial charge is 0.497 e. The number of nitrogens with zero attached hydrogens (tertiary/aromatic N) is 1. The van der Waals surface area contributed by atoms with Gasteiger partial charge in [-0.2, -0.15) is 5.10 Å². The van der Waals surface area contributed by atoms with Crippen LogP contribution in [-0.4, -0.2) is 38.9 Å². The quantitative estimate of drug-likeness (QED) is 0.499. The van der Waals surface area contributed by atoms with Crippen molar-refractivity contribution in [1.29, 1.82) is 0 Å². The van der Waals surface area contributed by atoms with Gasteiger partial charge in [-0.1, -0.05) is 12.1 Å². The molecule has 0 radical (unpaired) electrons. The molecule has 0 aliphatic heterocycles. The number of ether oxygens (including phenoxy) is 3. The summed E-state index contributed by atoms with van der Waals surface area (Å²) in [5.41, 5.74) is 4.23. The van der Waals surface area contributed by atoms with Gasteiger partial charge >= 0.3 is 0 Å².